The standard InChI is InChI=1S/C15H26N4/c1-13-12-14(16)4-5-15(13)19-10-8-18(9-11-19)7-6-17(2)3/h4-5,12H,6-11,16H2,1-3H3. The highest BCUT2D eigenvalue weighted by Crippen LogP contribution is 2.23. The molecule has 1 aromatic carbocycles. The molecule has 0 bridgehead atoms. The van der Waals surface area contributed by atoms with Gasteiger partial charge in [0.1, 0.15) is 0 Å². The van der Waals surface area contributed by atoms with Crippen LogP contribution >= 0.6 is 0 Å². The van der Waals surface area contributed by atoms with Crippen LogP contribution in [0, 0.1) is 6.92 Å². The summed E-state index contributed by atoms with van der Waals surface area (Å²) in [7, 11) is 4.27. The highest BCUT2D eigenvalue weighted by molar-refractivity contribution is 5.59. The average Bonchev–Trinajstić information content (AvgIpc) is 2.37. The minimum Gasteiger partial charge on any atom is -0.399 e. The maximum absolute atomic E-state index is 5.82. The summed E-state index contributed by atoms with van der Waals surface area (Å²) in [5, 5.41) is 0. The molecule has 1 heterocycles. The van der Waals surface area contributed by atoms with Crippen molar-refractivity contribution in [3.63, 3.8) is 0 Å². The van der Waals surface area contributed by atoms with Gasteiger partial charge in [-0.3, -0.25) is 4.90 Å². The van der Waals surface area contributed by atoms with Crippen LogP contribution in [0.2, 0.25) is 0 Å². The molecule has 1 aliphatic heterocycles. The molecular formula is C15H26N4. The van der Waals surface area contributed by atoms with Gasteiger partial charge in [-0.2, -0.15) is 0 Å². The lowest BCUT2D eigenvalue weighted by atomic mass is 10.1. The van der Waals surface area contributed by atoms with Crippen LogP contribution in [0.15, 0.2) is 18.2 Å². The van der Waals surface area contributed by atoms with Crippen molar-refractivity contribution in [2.24, 2.45) is 0 Å². The molecule has 1 saturated heterocycles. The maximum Gasteiger partial charge on any atom is 0.0398 e. The molecule has 2 rings (SSSR count). The van der Waals surface area contributed by atoms with E-state index in [0.717, 1.165) is 38.4 Å². The summed E-state index contributed by atoms with van der Waals surface area (Å²) < 4.78 is 0. The Kier molecular flexibility index (Phi) is 4.66. The third-order valence-corrected chi connectivity index (χ3v) is 3.80. The van der Waals surface area contributed by atoms with E-state index in [9.17, 15) is 0 Å². The molecule has 106 valence electrons. The summed E-state index contributed by atoms with van der Waals surface area (Å²) in [6, 6.07) is 6.22. The summed E-state index contributed by atoms with van der Waals surface area (Å²) in [5.41, 5.74) is 9.28. The lowest BCUT2D eigenvalue weighted by Gasteiger charge is -2.37. The van der Waals surface area contributed by atoms with Gasteiger partial charge in [-0.05, 0) is 44.8 Å². The molecule has 4 nitrogen and oxygen atoms in total. The monoisotopic (exact) mass is 262 g/mol. The van der Waals surface area contributed by atoms with Gasteiger partial charge in [0.2, 0.25) is 0 Å². The first-order valence-corrected chi connectivity index (χ1v) is 7.04. The zero-order valence-electron chi connectivity index (χ0n) is 12.4. The predicted molar refractivity (Wildman–Crippen MR) is 82.8 cm³/mol. The van der Waals surface area contributed by atoms with Crippen LogP contribution in [0.5, 0.6) is 0 Å². The van der Waals surface area contributed by atoms with Gasteiger partial charge in [0.25, 0.3) is 0 Å². The Balaban J connectivity index is 1.89. The number of aryl methyl sites for hydroxylation is 1. The zero-order chi connectivity index (χ0) is 13.8. The highest BCUT2D eigenvalue weighted by atomic mass is 15.3. The minimum absolute atomic E-state index is 0.853. The molecule has 4 heteroatoms. The Labute approximate surface area is 116 Å². The third-order valence-electron chi connectivity index (χ3n) is 3.80. The molecule has 0 aliphatic carbocycles. The van der Waals surface area contributed by atoms with Gasteiger partial charge < -0.3 is 15.5 Å². The Morgan fingerprint density at radius 2 is 1.84 bits per heavy atom. The van der Waals surface area contributed by atoms with E-state index in [0.29, 0.717) is 0 Å². The van der Waals surface area contributed by atoms with Gasteiger partial charge in [0, 0.05) is 50.6 Å². The number of hydrogen-bond donors (Lipinski definition) is 1. The maximum atomic E-state index is 5.82. The van der Waals surface area contributed by atoms with Crippen LogP contribution in [0.25, 0.3) is 0 Å². The molecule has 2 N–H and O–H groups in total. The normalized spacial score (nSPS) is 17.2. The van der Waals surface area contributed by atoms with Crippen molar-refractivity contribution >= 4 is 11.4 Å². The van der Waals surface area contributed by atoms with Gasteiger partial charge in [-0.25, -0.2) is 0 Å². The van der Waals surface area contributed by atoms with Gasteiger partial charge in [0.15, 0.2) is 0 Å². The van der Waals surface area contributed by atoms with E-state index in [-0.39, 0.29) is 0 Å². The fourth-order valence-corrected chi connectivity index (χ4v) is 2.59. The van der Waals surface area contributed by atoms with Crippen molar-refractivity contribution in [3.8, 4) is 0 Å². The first-order valence-electron chi connectivity index (χ1n) is 7.04. The largest absolute Gasteiger partial charge is 0.399 e. The smallest absolute Gasteiger partial charge is 0.0398 e. The van der Waals surface area contributed by atoms with E-state index in [1.165, 1.54) is 17.8 Å². The van der Waals surface area contributed by atoms with E-state index in [1.807, 2.05) is 6.07 Å². The molecular weight excluding hydrogens is 236 g/mol. The molecule has 0 unspecified atom stereocenters. The summed E-state index contributed by atoms with van der Waals surface area (Å²) in [5.74, 6) is 0. The number of nitrogens with zero attached hydrogens (tertiary/aromatic N) is 3. The Hall–Kier alpha value is -1.26. The van der Waals surface area contributed by atoms with E-state index in [2.05, 4.69) is 47.9 Å². The van der Waals surface area contributed by atoms with Crippen LogP contribution < -0.4 is 10.6 Å². The van der Waals surface area contributed by atoms with Crippen LogP contribution in [0.1, 0.15) is 5.56 Å². The van der Waals surface area contributed by atoms with Crippen LogP contribution in [-0.4, -0.2) is 63.2 Å². The fraction of sp³-hybridized carbons (Fsp3) is 0.600. The molecule has 19 heavy (non-hydrogen) atoms. The summed E-state index contributed by atoms with van der Waals surface area (Å²) in [6.07, 6.45) is 0. The topological polar surface area (TPSA) is 35.7 Å². The quantitative estimate of drug-likeness (QED) is 0.829. The van der Waals surface area contributed by atoms with Crippen molar-refractivity contribution in [1.29, 1.82) is 0 Å². The van der Waals surface area contributed by atoms with Gasteiger partial charge in [0.05, 0.1) is 0 Å². The van der Waals surface area contributed by atoms with E-state index in [4.69, 9.17) is 5.73 Å². The molecule has 0 aromatic heterocycles. The lowest BCUT2D eigenvalue weighted by Crippen LogP contribution is -2.48. The highest BCUT2D eigenvalue weighted by Gasteiger charge is 2.18. The van der Waals surface area contributed by atoms with Crippen molar-refractivity contribution in [1.82, 2.24) is 9.80 Å². The van der Waals surface area contributed by atoms with Crippen molar-refractivity contribution in [2.75, 3.05) is 64.0 Å². The molecule has 1 fully saturated rings. The summed E-state index contributed by atoms with van der Waals surface area (Å²) >= 11 is 0. The molecule has 1 aromatic rings. The number of rotatable bonds is 4. The second-order valence-corrected chi connectivity index (χ2v) is 5.68. The summed E-state index contributed by atoms with van der Waals surface area (Å²) in [4.78, 5) is 7.26. The first kappa shape index (κ1) is 14.2. The molecule has 1 aliphatic rings. The molecule has 0 saturated carbocycles. The Morgan fingerprint density at radius 3 is 2.42 bits per heavy atom. The number of nitrogens with two attached hydrogens (primary N) is 1. The SMILES string of the molecule is Cc1cc(N)ccc1N1CCN(CCN(C)C)CC1. The van der Waals surface area contributed by atoms with Crippen molar-refractivity contribution in [3.05, 3.63) is 23.8 Å². The molecule has 0 spiro atoms. The number of likely N-dealkylation sites (N-methyl/N-ethyl adjacent to an activating group) is 1. The van der Waals surface area contributed by atoms with Crippen LogP contribution in [0.4, 0.5) is 11.4 Å². The lowest BCUT2D eigenvalue weighted by molar-refractivity contribution is 0.229. The number of benzene rings is 1. The fourth-order valence-electron chi connectivity index (χ4n) is 2.59. The van der Waals surface area contributed by atoms with Gasteiger partial charge in [-0.15, -0.1) is 0 Å². The Morgan fingerprint density at radius 1 is 1.16 bits per heavy atom. The number of piperazine rings is 1. The van der Waals surface area contributed by atoms with Crippen molar-refractivity contribution < 1.29 is 0 Å². The summed E-state index contributed by atoms with van der Waals surface area (Å²) in [6.45, 7) is 8.97. The van der Waals surface area contributed by atoms with Gasteiger partial charge >= 0.3 is 0 Å². The van der Waals surface area contributed by atoms with E-state index < -0.39 is 0 Å². The van der Waals surface area contributed by atoms with Crippen LogP contribution in [0.3, 0.4) is 0 Å². The van der Waals surface area contributed by atoms with E-state index in [1.54, 1.807) is 0 Å². The molecule has 0 amide bonds. The van der Waals surface area contributed by atoms with Gasteiger partial charge in [-0.1, -0.05) is 0 Å². The minimum atomic E-state index is 0.853. The third kappa shape index (κ3) is 3.85. The second-order valence-electron chi connectivity index (χ2n) is 5.68. The van der Waals surface area contributed by atoms with E-state index >= 15 is 0 Å². The first-order chi connectivity index (χ1) is 9.06. The average molecular weight is 262 g/mol. The zero-order valence-corrected chi connectivity index (χ0v) is 12.4. The second kappa shape index (κ2) is 6.26. The van der Waals surface area contributed by atoms with Crippen LogP contribution in [-0.2, 0) is 0 Å². The van der Waals surface area contributed by atoms with Crippen molar-refractivity contribution in [2.45, 2.75) is 6.92 Å². The molecule has 0 atom stereocenters. The number of anilines is 2. The number of nitrogen functional groups attached to an aromatic ring is 1. The predicted octanol–water partition coefficient (Wildman–Crippen LogP) is 1.26. The Bertz CT molecular complexity index is 409. The molecule has 0 radical (unpaired) electrons. The number of hydrogen-bond acceptors (Lipinski definition) is 4.